The topological polar surface area (TPSA) is 63.1 Å². The lowest BCUT2D eigenvalue weighted by Gasteiger charge is -2.36. The van der Waals surface area contributed by atoms with E-state index in [0.717, 1.165) is 37.6 Å². The van der Waals surface area contributed by atoms with Crippen molar-refractivity contribution in [3.63, 3.8) is 0 Å². The largest absolute Gasteiger partial charge is 0.495 e. The summed E-state index contributed by atoms with van der Waals surface area (Å²) in [4.78, 5) is 27.6. The number of nitrogens with one attached hydrogen (secondary N) is 2. The van der Waals surface area contributed by atoms with Gasteiger partial charge in [0.2, 0.25) is 0 Å². The number of ether oxygens (including phenoxy) is 1. The lowest BCUT2D eigenvalue weighted by Crippen LogP contribution is -3.19. The zero-order valence-corrected chi connectivity index (χ0v) is 16.7. The smallest absolute Gasteiger partial charge is 0.282 e. The molecule has 0 unspecified atom stereocenters. The van der Waals surface area contributed by atoms with Gasteiger partial charge in [0, 0.05) is 11.3 Å². The van der Waals surface area contributed by atoms with Crippen molar-refractivity contribution in [3.8, 4) is 5.75 Å². The SMILES string of the molecule is COc1ccccc1N1CC[NH+]([C@@H](C)C(=O)Nc2ccc(C(C)=O)cc2)CC1. The van der Waals surface area contributed by atoms with Crippen molar-refractivity contribution in [2.24, 2.45) is 0 Å². The number of hydrogen-bond acceptors (Lipinski definition) is 4. The molecule has 0 spiro atoms. The van der Waals surface area contributed by atoms with Gasteiger partial charge in [0.25, 0.3) is 5.91 Å². The maximum absolute atomic E-state index is 12.6. The molecule has 0 aromatic heterocycles. The third kappa shape index (κ3) is 4.51. The highest BCUT2D eigenvalue weighted by Gasteiger charge is 2.30. The van der Waals surface area contributed by atoms with Gasteiger partial charge >= 0.3 is 0 Å². The molecular weight excluding hydrogens is 354 g/mol. The highest BCUT2D eigenvalue weighted by atomic mass is 16.5. The minimum atomic E-state index is -0.146. The number of carbonyl (C=O) groups is 2. The van der Waals surface area contributed by atoms with Gasteiger partial charge in [0.05, 0.1) is 39.0 Å². The Morgan fingerprint density at radius 3 is 2.32 bits per heavy atom. The minimum Gasteiger partial charge on any atom is -0.495 e. The van der Waals surface area contributed by atoms with Crippen LogP contribution < -0.4 is 19.9 Å². The van der Waals surface area contributed by atoms with E-state index in [9.17, 15) is 9.59 Å². The first-order valence-corrected chi connectivity index (χ1v) is 9.64. The number of methoxy groups -OCH3 is 1. The van der Waals surface area contributed by atoms with Crippen LogP contribution in [0.3, 0.4) is 0 Å². The highest BCUT2D eigenvalue weighted by Crippen LogP contribution is 2.27. The van der Waals surface area contributed by atoms with Gasteiger partial charge in [-0.05, 0) is 50.2 Å². The normalized spacial score (nSPS) is 15.8. The van der Waals surface area contributed by atoms with E-state index >= 15 is 0 Å². The number of para-hydroxylation sites is 2. The van der Waals surface area contributed by atoms with Crippen molar-refractivity contribution in [2.75, 3.05) is 43.5 Å². The van der Waals surface area contributed by atoms with Gasteiger partial charge in [-0.15, -0.1) is 0 Å². The predicted molar refractivity (Wildman–Crippen MR) is 110 cm³/mol. The van der Waals surface area contributed by atoms with E-state index in [1.54, 1.807) is 31.4 Å². The van der Waals surface area contributed by atoms with E-state index in [1.807, 2.05) is 25.1 Å². The molecule has 0 aliphatic carbocycles. The third-order valence-electron chi connectivity index (χ3n) is 5.40. The molecule has 6 heteroatoms. The summed E-state index contributed by atoms with van der Waals surface area (Å²) in [6.45, 7) is 7.02. The molecule has 28 heavy (non-hydrogen) atoms. The molecule has 1 atom stereocenters. The first-order valence-electron chi connectivity index (χ1n) is 9.64. The van der Waals surface area contributed by atoms with Crippen molar-refractivity contribution < 1.29 is 19.2 Å². The van der Waals surface area contributed by atoms with Crippen LogP contribution in [-0.4, -0.2) is 51.0 Å². The number of rotatable bonds is 6. The predicted octanol–water partition coefficient (Wildman–Crippen LogP) is 1.63. The van der Waals surface area contributed by atoms with Gasteiger partial charge < -0.3 is 19.9 Å². The van der Waals surface area contributed by atoms with Gasteiger partial charge in [-0.3, -0.25) is 9.59 Å². The molecule has 3 rings (SSSR count). The van der Waals surface area contributed by atoms with Gasteiger partial charge in [0.15, 0.2) is 11.8 Å². The summed E-state index contributed by atoms with van der Waals surface area (Å²) < 4.78 is 5.47. The van der Waals surface area contributed by atoms with Gasteiger partial charge in [-0.25, -0.2) is 0 Å². The maximum Gasteiger partial charge on any atom is 0.282 e. The molecule has 2 N–H and O–H groups in total. The Labute approximate surface area is 166 Å². The fourth-order valence-electron chi connectivity index (χ4n) is 3.58. The fourth-order valence-corrected chi connectivity index (χ4v) is 3.58. The summed E-state index contributed by atoms with van der Waals surface area (Å²) in [6, 6.07) is 14.9. The summed E-state index contributed by atoms with van der Waals surface area (Å²) in [5, 5.41) is 2.96. The van der Waals surface area contributed by atoms with E-state index in [2.05, 4.69) is 16.3 Å². The molecule has 1 heterocycles. The number of ketones is 1. The molecule has 1 fully saturated rings. The van der Waals surface area contributed by atoms with E-state index in [4.69, 9.17) is 4.74 Å². The monoisotopic (exact) mass is 382 g/mol. The summed E-state index contributed by atoms with van der Waals surface area (Å²) in [7, 11) is 1.69. The van der Waals surface area contributed by atoms with E-state index < -0.39 is 0 Å². The molecular formula is C22H28N3O3+. The Morgan fingerprint density at radius 2 is 1.71 bits per heavy atom. The first kappa shape index (κ1) is 19.9. The van der Waals surface area contributed by atoms with Crippen LogP contribution in [0, 0.1) is 0 Å². The van der Waals surface area contributed by atoms with Gasteiger partial charge in [0.1, 0.15) is 5.75 Å². The number of amides is 1. The molecule has 1 aliphatic heterocycles. The second-order valence-corrected chi connectivity index (χ2v) is 7.16. The summed E-state index contributed by atoms with van der Waals surface area (Å²) in [5.41, 5.74) is 2.46. The number of nitrogens with zero attached hydrogens (tertiary/aromatic N) is 1. The summed E-state index contributed by atoms with van der Waals surface area (Å²) in [6.07, 6.45) is 0. The maximum atomic E-state index is 12.6. The molecule has 0 bridgehead atoms. The molecule has 2 aromatic rings. The van der Waals surface area contributed by atoms with Crippen LogP contribution in [0.1, 0.15) is 24.2 Å². The Balaban J connectivity index is 1.56. The quantitative estimate of drug-likeness (QED) is 0.746. The minimum absolute atomic E-state index is 0.00341. The second-order valence-electron chi connectivity index (χ2n) is 7.16. The fraction of sp³-hybridized carbons (Fsp3) is 0.364. The van der Waals surface area contributed by atoms with E-state index in [1.165, 1.54) is 11.8 Å². The zero-order chi connectivity index (χ0) is 20.1. The third-order valence-corrected chi connectivity index (χ3v) is 5.40. The van der Waals surface area contributed by atoms with Crippen molar-refractivity contribution in [3.05, 3.63) is 54.1 Å². The number of hydrogen-bond donors (Lipinski definition) is 2. The van der Waals surface area contributed by atoms with Crippen LogP contribution in [0.25, 0.3) is 0 Å². The van der Waals surface area contributed by atoms with Crippen LogP contribution in [0.15, 0.2) is 48.5 Å². The van der Waals surface area contributed by atoms with Crippen molar-refractivity contribution in [1.82, 2.24) is 0 Å². The highest BCUT2D eigenvalue weighted by molar-refractivity contribution is 5.96. The Bertz CT molecular complexity index is 827. The van der Waals surface area contributed by atoms with Crippen LogP contribution in [0.5, 0.6) is 5.75 Å². The van der Waals surface area contributed by atoms with Crippen molar-refractivity contribution in [2.45, 2.75) is 19.9 Å². The number of anilines is 2. The molecule has 148 valence electrons. The number of Topliss-reactive ketones (excluding diaryl/α,β-unsaturated/α-hetero) is 1. The number of carbonyl (C=O) groups excluding carboxylic acids is 2. The summed E-state index contributed by atoms with van der Waals surface area (Å²) >= 11 is 0. The molecule has 2 aromatic carbocycles. The number of piperazine rings is 1. The van der Waals surface area contributed by atoms with Gasteiger partial charge in [-0.1, -0.05) is 12.1 Å². The lowest BCUT2D eigenvalue weighted by atomic mass is 10.1. The van der Waals surface area contributed by atoms with Crippen LogP contribution in [-0.2, 0) is 4.79 Å². The van der Waals surface area contributed by atoms with Crippen LogP contribution in [0.2, 0.25) is 0 Å². The Kier molecular flexibility index (Phi) is 6.31. The Morgan fingerprint density at radius 1 is 1.07 bits per heavy atom. The van der Waals surface area contributed by atoms with Crippen molar-refractivity contribution in [1.29, 1.82) is 0 Å². The number of quaternary nitrogens is 1. The molecule has 1 saturated heterocycles. The lowest BCUT2D eigenvalue weighted by molar-refractivity contribution is -0.914. The van der Waals surface area contributed by atoms with Gasteiger partial charge in [-0.2, -0.15) is 0 Å². The molecule has 1 amide bonds. The number of benzene rings is 2. The average molecular weight is 382 g/mol. The first-order chi connectivity index (χ1) is 13.5. The Hall–Kier alpha value is -2.86. The molecule has 0 radical (unpaired) electrons. The van der Waals surface area contributed by atoms with E-state index in [-0.39, 0.29) is 17.7 Å². The average Bonchev–Trinajstić information content (AvgIpc) is 2.73. The zero-order valence-electron chi connectivity index (χ0n) is 16.7. The standard InChI is InChI=1S/C22H27N3O3/c1-16(22(27)23-19-10-8-18(9-11-19)17(2)26)24-12-14-25(15-13-24)20-6-4-5-7-21(20)28-3/h4-11,16H,12-15H2,1-3H3,(H,23,27)/p+1/t16-/m0/s1. The molecule has 1 aliphatic rings. The summed E-state index contributed by atoms with van der Waals surface area (Å²) in [5.74, 6) is 0.894. The van der Waals surface area contributed by atoms with Crippen molar-refractivity contribution >= 4 is 23.1 Å². The van der Waals surface area contributed by atoms with Crippen LogP contribution in [0.4, 0.5) is 11.4 Å². The molecule has 0 saturated carbocycles. The van der Waals surface area contributed by atoms with Crippen LogP contribution >= 0.6 is 0 Å². The van der Waals surface area contributed by atoms with E-state index in [0.29, 0.717) is 11.3 Å². The molecule has 6 nitrogen and oxygen atoms in total. The second kappa shape index (κ2) is 8.89.